The topological polar surface area (TPSA) is 125 Å². The van der Waals surface area contributed by atoms with Gasteiger partial charge < -0.3 is 14.2 Å². The lowest BCUT2D eigenvalue weighted by atomic mass is 10.0. The molecule has 0 amide bonds. The third-order valence-electron chi connectivity index (χ3n) is 7.77. The van der Waals surface area contributed by atoms with Gasteiger partial charge in [-0.25, -0.2) is 26.8 Å². The van der Waals surface area contributed by atoms with Crippen molar-refractivity contribution >= 4 is 19.9 Å². The van der Waals surface area contributed by atoms with Gasteiger partial charge in [0.05, 0.1) is 28.1 Å². The fourth-order valence-electron chi connectivity index (χ4n) is 5.52. The monoisotopic (exact) mass is 549 g/mol. The molecule has 4 fully saturated rings. The maximum absolute atomic E-state index is 12.9. The van der Waals surface area contributed by atoms with Crippen LogP contribution in [0.3, 0.4) is 0 Å². The summed E-state index contributed by atoms with van der Waals surface area (Å²) in [4.78, 5) is 8.78. The van der Waals surface area contributed by atoms with Crippen molar-refractivity contribution in [1.29, 1.82) is 0 Å². The van der Waals surface area contributed by atoms with Crippen LogP contribution in [-0.2, 0) is 19.9 Å². The maximum atomic E-state index is 12.9. The highest BCUT2D eigenvalue weighted by molar-refractivity contribution is 7.92. The number of sulfonamides is 1. The van der Waals surface area contributed by atoms with Crippen molar-refractivity contribution in [3.05, 3.63) is 30.1 Å². The van der Waals surface area contributed by atoms with Crippen molar-refractivity contribution < 1.29 is 31.0 Å². The summed E-state index contributed by atoms with van der Waals surface area (Å²) in [5.41, 5.74) is 0.597. The van der Waals surface area contributed by atoms with E-state index in [1.54, 1.807) is 17.3 Å². The van der Waals surface area contributed by atoms with Crippen LogP contribution in [0.2, 0.25) is 0 Å². The van der Waals surface area contributed by atoms with E-state index in [0.29, 0.717) is 48.6 Å². The van der Waals surface area contributed by atoms with Crippen LogP contribution in [0.1, 0.15) is 56.9 Å². The first-order valence-corrected chi connectivity index (χ1v) is 15.8. The van der Waals surface area contributed by atoms with E-state index >= 15 is 0 Å². The molecule has 200 valence electrons. The number of hydrogen-bond acceptors (Lipinski definition) is 9. The molecule has 2 aromatic rings. The number of rotatable bonds is 9. The Labute approximate surface area is 217 Å². The van der Waals surface area contributed by atoms with Crippen molar-refractivity contribution in [3.8, 4) is 23.3 Å². The minimum Gasteiger partial charge on any atom is -0.493 e. The van der Waals surface area contributed by atoms with Gasteiger partial charge >= 0.3 is 0 Å². The summed E-state index contributed by atoms with van der Waals surface area (Å²) in [5, 5.41) is -0.513. The fourth-order valence-corrected chi connectivity index (χ4v) is 9.48. The Morgan fingerprint density at radius 2 is 1.51 bits per heavy atom. The van der Waals surface area contributed by atoms with Gasteiger partial charge in [0.1, 0.15) is 12.4 Å². The molecular weight excluding hydrogens is 518 g/mol. The Balaban J connectivity index is 1.18. The number of hydrogen-bond donors (Lipinski definition) is 0. The number of methoxy groups -OCH3 is 1. The summed E-state index contributed by atoms with van der Waals surface area (Å²) >= 11 is 0. The van der Waals surface area contributed by atoms with E-state index in [4.69, 9.17) is 14.2 Å². The molecule has 3 heterocycles. The molecule has 12 heteroatoms. The zero-order chi connectivity index (χ0) is 25.9. The second-order valence-corrected chi connectivity index (χ2v) is 14.8. The van der Waals surface area contributed by atoms with Crippen LogP contribution in [0.15, 0.2) is 29.4 Å². The van der Waals surface area contributed by atoms with Gasteiger partial charge in [-0.2, -0.15) is 4.31 Å². The lowest BCUT2D eigenvalue weighted by Crippen LogP contribution is -2.50. The summed E-state index contributed by atoms with van der Waals surface area (Å²) in [6.45, 7) is 1.80. The minimum atomic E-state index is -3.36. The van der Waals surface area contributed by atoms with Crippen molar-refractivity contribution in [1.82, 2.24) is 14.3 Å². The molecule has 2 unspecified atom stereocenters. The van der Waals surface area contributed by atoms with Crippen LogP contribution in [0.25, 0.3) is 0 Å². The lowest BCUT2D eigenvalue weighted by Gasteiger charge is -2.37. The molecule has 0 N–H and O–H groups in total. The number of ether oxygens (including phenoxy) is 3. The van der Waals surface area contributed by atoms with E-state index < -0.39 is 19.9 Å². The zero-order valence-electron chi connectivity index (χ0n) is 20.9. The van der Waals surface area contributed by atoms with E-state index in [0.717, 1.165) is 25.7 Å². The molecule has 2 aliphatic carbocycles. The van der Waals surface area contributed by atoms with Gasteiger partial charge in [-0.05, 0) is 57.6 Å². The third-order valence-corrected chi connectivity index (χ3v) is 12.5. The van der Waals surface area contributed by atoms with Crippen LogP contribution in [0.4, 0.5) is 0 Å². The number of aromatic nitrogens is 2. The SMILES string of the molecule is COc1cc(S(=O)(=O)C2CC2)ccc1Oc1ncnc(OC2CC3CCC(C2)N3S(=O)(=O)C2CC2)c1C. The molecule has 10 nitrogen and oxygen atoms in total. The van der Waals surface area contributed by atoms with Crippen LogP contribution in [0, 0.1) is 6.92 Å². The van der Waals surface area contributed by atoms with Crippen molar-refractivity contribution in [3.63, 3.8) is 0 Å². The molecule has 2 atom stereocenters. The molecule has 4 aliphatic rings. The molecule has 2 saturated heterocycles. The molecule has 1 aromatic carbocycles. The molecule has 0 spiro atoms. The first kappa shape index (κ1) is 24.9. The van der Waals surface area contributed by atoms with Crippen molar-refractivity contribution in [2.75, 3.05) is 7.11 Å². The average molecular weight is 550 g/mol. The molecule has 6 rings (SSSR count). The van der Waals surface area contributed by atoms with Crippen LogP contribution in [0.5, 0.6) is 23.3 Å². The molecule has 2 bridgehead atoms. The number of fused-ring (bicyclic) bond motifs is 2. The molecule has 1 aromatic heterocycles. The summed E-state index contributed by atoms with van der Waals surface area (Å²) in [7, 11) is -5.11. The standard InChI is InChI=1S/C25H31N3O7S2/c1-15-24(34-18-11-16-3-4-17(12-18)28(16)37(31,32)20-7-8-20)26-14-27-25(15)35-22-10-9-21(13-23(22)33-2)36(29,30)19-5-6-19/h9-10,13-14,16-20H,3-8,11-12H2,1-2H3. The van der Waals surface area contributed by atoms with Gasteiger partial charge in [-0.1, -0.05) is 0 Å². The predicted molar refractivity (Wildman–Crippen MR) is 134 cm³/mol. The van der Waals surface area contributed by atoms with Gasteiger partial charge in [-0.3, -0.25) is 0 Å². The van der Waals surface area contributed by atoms with Crippen LogP contribution < -0.4 is 14.2 Å². The normalized spacial score (nSPS) is 26.2. The smallest absolute Gasteiger partial charge is 0.229 e. The molecule has 0 radical (unpaired) electrons. The number of benzene rings is 1. The molecular formula is C25H31N3O7S2. The van der Waals surface area contributed by atoms with Gasteiger partial charge in [0, 0.05) is 31.0 Å². The minimum absolute atomic E-state index is 0.0260. The van der Waals surface area contributed by atoms with E-state index in [1.165, 1.54) is 25.6 Å². The number of nitrogens with zero attached hydrogens (tertiary/aromatic N) is 3. The largest absolute Gasteiger partial charge is 0.493 e. The summed E-state index contributed by atoms with van der Waals surface area (Å²) < 4.78 is 70.5. The summed E-state index contributed by atoms with van der Waals surface area (Å²) in [5.74, 6) is 1.29. The van der Waals surface area contributed by atoms with Gasteiger partial charge in [-0.15, -0.1) is 0 Å². The zero-order valence-corrected chi connectivity index (χ0v) is 22.5. The molecule has 2 aliphatic heterocycles. The Morgan fingerprint density at radius 1 is 0.865 bits per heavy atom. The number of sulfone groups is 1. The Morgan fingerprint density at radius 3 is 2.14 bits per heavy atom. The van der Waals surface area contributed by atoms with E-state index in [-0.39, 0.29) is 39.5 Å². The quantitative estimate of drug-likeness (QED) is 0.463. The average Bonchev–Trinajstić information content (AvgIpc) is 3.77. The molecule has 2 saturated carbocycles. The van der Waals surface area contributed by atoms with E-state index in [2.05, 4.69) is 9.97 Å². The first-order chi connectivity index (χ1) is 17.7. The Hall–Kier alpha value is -2.44. The lowest BCUT2D eigenvalue weighted by molar-refractivity contribution is 0.0906. The van der Waals surface area contributed by atoms with E-state index in [1.807, 2.05) is 0 Å². The Bertz CT molecular complexity index is 1410. The maximum Gasteiger partial charge on any atom is 0.229 e. The fraction of sp³-hybridized carbons (Fsp3) is 0.600. The van der Waals surface area contributed by atoms with Gasteiger partial charge in [0.2, 0.25) is 21.8 Å². The number of piperidine rings is 1. The Kier molecular flexibility index (Phi) is 6.11. The van der Waals surface area contributed by atoms with E-state index in [9.17, 15) is 16.8 Å². The second-order valence-electron chi connectivity index (χ2n) is 10.4. The highest BCUT2D eigenvalue weighted by Gasteiger charge is 2.52. The van der Waals surface area contributed by atoms with Gasteiger partial charge in [0.25, 0.3) is 0 Å². The van der Waals surface area contributed by atoms with Gasteiger partial charge in [0.15, 0.2) is 21.3 Å². The van der Waals surface area contributed by atoms with Crippen LogP contribution >= 0.6 is 0 Å². The second kappa shape index (κ2) is 9.09. The van der Waals surface area contributed by atoms with Crippen molar-refractivity contribution in [2.45, 2.75) is 91.9 Å². The summed E-state index contributed by atoms with van der Waals surface area (Å²) in [6.07, 6.45) is 7.10. The van der Waals surface area contributed by atoms with Crippen molar-refractivity contribution in [2.24, 2.45) is 0 Å². The third kappa shape index (κ3) is 4.57. The predicted octanol–water partition coefficient (Wildman–Crippen LogP) is 3.39. The summed E-state index contributed by atoms with van der Waals surface area (Å²) in [6, 6.07) is 4.53. The highest BCUT2D eigenvalue weighted by atomic mass is 32.2. The first-order valence-electron chi connectivity index (χ1n) is 12.8. The van der Waals surface area contributed by atoms with Crippen LogP contribution in [-0.4, -0.2) is 66.9 Å². The molecule has 37 heavy (non-hydrogen) atoms. The highest BCUT2D eigenvalue weighted by Crippen LogP contribution is 2.44.